The van der Waals surface area contributed by atoms with Crippen molar-refractivity contribution in [2.45, 2.75) is 38.6 Å². The molecule has 1 aromatic carbocycles. The van der Waals surface area contributed by atoms with Crippen molar-refractivity contribution in [3.05, 3.63) is 41.3 Å². The Morgan fingerprint density at radius 3 is 2.77 bits per heavy atom. The fraction of sp³-hybridized carbons (Fsp3) is 0.375. The van der Waals surface area contributed by atoms with E-state index in [0.717, 1.165) is 37.0 Å². The normalized spacial score (nSPS) is 14.3. The molecule has 26 heavy (non-hydrogen) atoms. The third-order valence-electron chi connectivity index (χ3n) is 3.81. The van der Waals surface area contributed by atoms with Crippen molar-refractivity contribution >= 4 is 35.6 Å². The number of nitrogens with one attached hydrogen (secondary N) is 1. The average molecular weight is 482 g/mol. The van der Waals surface area contributed by atoms with Crippen LogP contribution < -0.4 is 15.8 Å². The van der Waals surface area contributed by atoms with Gasteiger partial charge in [-0.05, 0) is 31.4 Å². The van der Waals surface area contributed by atoms with Crippen LogP contribution in [-0.4, -0.2) is 17.5 Å². The second kappa shape index (κ2) is 8.60. The van der Waals surface area contributed by atoms with Gasteiger partial charge in [-0.25, -0.2) is 4.99 Å². The molecule has 3 N–H and O–H groups in total. The number of para-hydroxylation sites is 2. The van der Waals surface area contributed by atoms with Crippen LogP contribution in [0.5, 0.6) is 5.75 Å². The zero-order chi connectivity index (χ0) is 17.9. The summed E-state index contributed by atoms with van der Waals surface area (Å²) in [7, 11) is 0. The van der Waals surface area contributed by atoms with E-state index < -0.39 is 6.36 Å². The lowest BCUT2D eigenvalue weighted by molar-refractivity contribution is -0.274. The number of hydrogen-bond donors (Lipinski definition) is 2. The van der Waals surface area contributed by atoms with Gasteiger partial charge in [-0.2, -0.15) is 0 Å². The highest BCUT2D eigenvalue weighted by molar-refractivity contribution is 14.0. The molecular weight excluding hydrogens is 464 g/mol. The van der Waals surface area contributed by atoms with Gasteiger partial charge in [0.1, 0.15) is 11.5 Å². The zero-order valence-electron chi connectivity index (χ0n) is 13.7. The van der Waals surface area contributed by atoms with Gasteiger partial charge < -0.3 is 20.3 Å². The SMILES string of the molecule is I.NC(=NCc1noc2c1CCCC2)Nc1ccccc1OC(F)(F)F. The number of aromatic nitrogens is 1. The minimum atomic E-state index is -4.79. The van der Waals surface area contributed by atoms with Gasteiger partial charge in [-0.15, -0.1) is 37.1 Å². The molecule has 0 unspecified atom stereocenters. The summed E-state index contributed by atoms with van der Waals surface area (Å²) in [4.78, 5) is 4.13. The average Bonchev–Trinajstić information content (AvgIpc) is 2.97. The summed E-state index contributed by atoms with van der Waals surface area (Å²) >= 11 is 0. The number of alkyl halides is 3. The van der Waals surface area contributed by atoms with E-state index in [-0.39, 0.29) is 47.9 Å². The zero-order valence-corrected chi connectivity index (χ0v) is 16.0. The highest BCUT2D eigenvalue weighted by Crippen LogP contribution is 2.30. The first kappa shape index (κ1) is 20.3. The van der Waals surface area contributed by atoms with Gasteiger partial charge in [-0.3, -0.25) is 0 Å². The van der Waals surface area contributed by atoms with E-state index >= 15 is 0 Å². The maximum atomic E-state index is 12.4. The molecule has 1 aliphatic rings. The van der Waals surface area contributed by atoms with Crippen LogP contribution in [0, 0.1) is 0 Å². The van der Waals surface area contributed by atoms with Crippen LogP contribution in [0.15, 0.2) is 33.8 Å². The van der Waals surface area contributed by atoms with Crippen LogP contribution in [0.1, 0.15) is 29.9 Å². The number of aryl methyl sites for hydroxylation is 1. The van der Waals surface area contributed by atoms with Crippen molar-refractivity contribution in [1.82, 2.24) is 5.16 Å². The summed E-state index contributed by atoms with van der Waals surface area (Å²) in [5.74, 6) is 0.463. The molecule has 0 saturated heterocycles. The monoisotopic (exact) mass is 482 g/mol. The Balaban J connectivity index is 0.00000243. The molecule has 3 rings (SSSR count). The summed E-state index contributed by atoms with van der Waals surface area (Å²) in [6.07, 6.45) is -0.893. The molecular formula is C16H18F3IN4O2. The van der Waals surface area contributed by atoms with Gasteiger partial charge in [0.2, 0.25) is 0 Å². The number of rotatable bonds is 4. The number of ether oxygens (including phenoxy) is 1. The van der Waals surface area contributed by atoms with Crippen molar-refractivity contribution in [2.24, 2.45) is 10.7 Å². The first-order chi connectivity index (χ1) is 11.9. The number of fused-ring (bicyclic) bond motifs is 1. The van der Waals surface area contributed by atoms with Gasteiger partial charge in [0, 0.05) is 12.0 Å². The van der Waals surface area contributed by atoms with E-state index in [4.69, 9.17) is 10.3 Å². The Kier molecular flexibility index (Phi) is 6.73. The number of nitrogens with two attached hydrogens (primary N) is 1. The maximum Gasteiger partial charge on any atom is 0.573 e. The molecule has 142 valence electrons. The maximum absolute atomic E-state index is 12.4. The summed E-state index contributed by atoms with van der Waals surface area (Å²) in [6.45, 7) is 0.194. The van der Waals surface area contributed by atoms with E-state index in [2.05, 4.69) is 20.2 Å². The summed E-state index contributed by atoms with van der Waals surface area (Å²) in [6, 6.07) is 5.60. The number of nitrogens with zero attached hydrogens (tertiary/aromatic N) is 2. The number of aliphatic imine (C=N–C) groups is 1. The second-order valence-corrected chi connectivity index (χ2v) is 5.61. The number of halogens is 4. The fourth-order valence-corrected chi connectivity index (χ4v) is 2.69. The molecule has 0 aliphatic heterocycles. The third kappa shape index (κ3) is 5.26. The predicted molar refractivity (Wildman–Crippen MR) is 101 cm³/mol. The summed E-state index contributed by atoms with van der Waals surface area (Å²) in [5.41, 5.74) is 7.61. The van der Waals surface area contributed by atoms with Crippen LogP contribution in [-0.2, 0) is 19.4 Å². The first-order valence-corrected chi connectivity index (χ1v) is 7.80. The fourth-order valence-electron chi connectivity index (χ4n) is 2.69. The Morgan fingerprint density at radius 1 is 1.27 bits per heavy atom. The van der Waals surface area contributed by atoms with Crippen LogP contribution in [0.2, 0.25) is 0 Å². The Hall–Kier alpha value is -1.98. The largest absolute Gasteiger partial charge is 0.573 e. The van der Waals surface area contributed by atoms with Crippen molar-refractivity contribution in [2.75, 3.05) is 5.32 Å². The van der Waals surface area contributed by atoms with Gasteiger partial charge in [-0.1, -0.05) is 17.3 Å². The van der Waals surface area contributed by atoms with Crippen LogP contribution in [0.3, 0.4) is 0 Å². The molecule has 0 saturated carbocycles. The quantitative estimate of drug-likeness (QED) is 0.391. The van der Waals surface area contributed by atoms with Crippen molar-refractivity contribution in [3.8, 4) is 5.75 Å². The van der Waals surface area contributed by atoms with E-state index in [1.807, 2.05) is 0 Å². The highest BCUT2D eigenvalue weighted by Gasteiger charge is 2.32. The van der Waals surface area contributed by atoms with E-state index in [9.17, 15) is 13.2 Å². The molecule has 10 heteroatoms. The van der Waals surface area contributed by atoms with Crippen molar-refractivity contribution in [1.29, 1.82) is 0 Å². The molecule has 0 spiro atoms. The van der Waals surface area contributed by atoms with Crippen molar-refractivity contribution in [3.63, 3.8) is 0 Å². The molecule has 6 nitrogen and oxygen atoms in total. The molecule has 0 radical (unpaired) electrons. The van der Waals surface area contributed by atoms with Crippen molar-refractivity contribution < 1.29 is 22.4 Å². The highest BCUT2D eigenvalue weighted by atomic mass is 127. The molecule has 2 aromatic rings. The standard InChI is InChI=1S/C16H17F3N4O2.HI/c17-16(18,19)24-14-8-4-2-6-11(14)22-15(20)21-9-12-10-5-1-3-7-13(10)25-23-12;/h2,4,6,8H,1,3,5,7,9H2,(H3,20,21,22);1H. The molecule has 1 aliphatic carbocycles. The Bertz CT molecular complexity index is 777. The molecule has 0 atom stereocenters. The molecule has 0 fully saturated rings. The molecule has 0 amide bonds. The minimum absolute atomic E-state index is 0. The lowest BCUT2D eigenvalue weighted by atomic mass is 9.96. The van der Waals surface area contributed by atoms with Crippen LogP contribution >= 0.6 is 24.0 Å². The van der Waals surface area contributed by atoms with Gasteiger partial charge in [0.15, 0.2) is 11.7 Å². The predicted octanol–water partition coefficient (Wildman–Crippen LogP) is 4.00. The van der Waals surface area contributed by atoms with Crippen LogP contribution in [0.4, 0.5) is 18.9 Å². The van der Waals surface area contributed by atoms with Gasteiger partial charge in [0.05, 0.1) is 12.2 Å². The summed E-state index contributed by atoms with van der Waals surface area (Å²) in [5, 5.41) is 6.62. The lowest BCUT2D eigenvalue weighted by Crippen LogP contribution is -2.24. The van der Waals surface area contributed by atoms with E-state index in [0.29, 0.717) is 5.69 Å². The molecule has 1 aromatic heterocycles. The number of benzene rings is 1. The minimum Gasteiger partial charge on any atom is -0.404 e. The van der Waals surface area contributed by atoms with Gasteiger partial charge in [0.25, 0.3) is 0 Å². The Morgan fingerprint density at radius 2 is 2.00 bits per heavy atom. The first-order valence-electron chi connectivity index (χ1n) is 7.80. The smallest absolute Gasteiger partial charge is 0.404 e. The third-order valence-corrected chi connectivity index (χ3v) is 3.81. The van der Waals surface area contributed by atoms with E-state index in [1.54, 1.807) is 6.07 Å². The molecule has 1 heterocycles. The Labute approximate surface area is 165 Å². The topological polar surface area (TPSA) is 85.7 Å². The van der Waals surface area contributed by atoms with E-state index in [1.165, 1.54) is 18.2 Å². The number of hydrogen-bond acceptors (Lipinski definition) is 4. The van der Waals surface area contributed by atoms with Gasteiger partial charge >= 0.3 is 6.36 Å². The summed E-state index contributed by atoms with van der Waals surface area (Å²) < 4.78 is 46.5. The number of anilines is 1. The molecule has 0 bridgehead atoms. The lowest BCUT2D eigenvalue weighted by Gasteiger charge is -2.14. The van der Waals surface area contributed by atoms with Crippen LogP contribution in [0.25, 0.3) is 0 Å². The second-order valence-electron chi connectivity index (χ2n) is 5.61. The number of guanidine groups is 1.